The molecule has 2 N–H and O–H groups in total. The van der Waals surface area contributed by atoms with E-state index in [9.17, 15) is 13.6 Å². The lowest BCUT2D eigenvalue weighted by Gasteiger charge is -2.17. The number of rotatable bonds is 10. The summed E-state index contributed by atoms with van der Waals surface area (Å²) in [4.78, 5) is 15.6. The number of aromatic nitrogens is 1. The van der Waals surface area contributed by atoms with Crippen molar-refractivity contribution in [3.63, 3.8) is 0 Å². The smallest absolute Gasteiger partial charge is 0.388 e. The molecule has 1 heterocycles. The predicted octanol–water partition coefficient (Wildman–Crippen LogP) is 2.83. The first-order valence-electron chi connectivity index (χ1n) is 8.12. The largest absolute Gasteiger partial charge is 0.417 e. The third kappa shape index (κ3) is 7.08. The summed E-state index contributed by atoms with van der Waals surface area (Å²) in [6.45, 7) is -0.0866. The molecule has 2 amide bonds. The summed E-state index contributed by atoms with van der Waals surface area (Å²) in [5, 5.41) is 5.58. The number of carbonyl (C=O) groups excluding carboxylic acids is 1. The van der Waals surface area contributed by atoms with Gasteiger partial charge in [0.1, 0.15) is 0 Å². The van der Waals surface area contributed by atoms with Crippen LogP contribution < -0.4 is 15.4 Å². The molecule has 1 aliphatic carbocycles. The lowest BCUT2D eigenvalue weighted by atomic mass is 10.1. The third-order valence-corrected chi connectivity index (χ3v) is 3.63. The number of pyridine rings is 1. The fourth-order valence-corrected chi connectivity index (χ4v) is 2.12. The predicted molar refractivity (Wildman–Crippen MR) is 83.9 cm³/mol. The van der Waals surface area contributed by atoms with Crippen molar-refractivity contribution >= 4 is 6.03 Å². The molecule has 134 valence electrons. The maximum absolute atomic E-state index is 12.2. The van der Waals surface area contributed by atoms with E-state index in [4.69, 9.17) is 4.74 Å². The Morgan fingerprint density at radius 1 is 1.46 bits per heavy atom. The molecular formula is C16H23F2N3O3. The topological polar surface area (TPSA) is 72.5 Å². The lowest BCUT2D eigenvalue weighted by Crippen LogP contribution is -2.42. The van der Waals surface area contributed by atoms with E-state index >= 15 is 0 Å². The van der Waals surface area contributed by atoms with E-state index in [1.807, 2.05) is 6.92 Å². The monoisotopic (exact) mass is 343 g/mol. The Hall–Kier alpha value is -1.96. The molecule has 1 aromatic rings. The average molecular weight is 343 g/mol. The second kappa shape index (κ2) is 9.36. The summed E-state index contributed by atoms with van der Waals surface area (Å²) in [5.74, 6) is -0.173. The summed E-state index contributed by atoms with van der Waals surface area (Å²) in [5.41, 5.74) is 0.626. The van der Waals surface area contributed by atoms with Crippen molar-refractivity contribution in [3.8, 4) is 5.88 Å². The van der Waals surface area contributed by atoms with Crippen LogP contribution in [0.4, 0.5) is 13.6 Å². The van der Waals surface area contributed by atoms with Crippen molar-refractivity contribution in [2.24, 2.45) is 0 Å². The Morgan fingerprint density at radius 2 is 2.25 bits per heavy atom. The average Bonchev–Trinajstić information content (AvgIpc) is 3.36. The summed E-state index contributed by atoms with van der Waals surface area (Å²) < 4.78 is 34.1. The zero-order valence-corrected chi connectivity index (χ0v) is 13.6. The molecule has 1 fully saturated rings. The molecule has 0 radical (unpaired) electrons. The Balaban J connectivity index is 1.70. The van der Waals surface area contributed by atoms with Crippen molar-refractivity contribution in [1.82, 2.24) is 15.6 Å². The Bertz CT molecular complexity index is 527. The molecule has 0 spiro atoms. The van der Waals surface area contributed by atoms with E-state index in [0.717, 1.165) is 25.7 Å². The molecule has 1 unspecified atom stereocenters. The van der Waals surface area contributed by atoms with Crippen molar-refractivity contribution < 1.29 is 23.0 Å². The molecule has 1 saturated carbocycles. The van der Waals surface area contributed by atoms with Crippen LogP contribution in [0.3, 0.4) is 0 Å². The molecule has 6 nitrogen and oxygen atoms in total. The highest BCUT2D eigenvalue weighted by molar-refractivity contribution is 5.74. The number of halogens is 2. The lowest BCUT2D eigenvalue weighted by molar-refractivity contribution is -0.0529. The van der Waals surface area contributed by atoms with Crippen LogP contribution in [-0.2, 0) is 11.3 Å². The van der Waals surface area contributed by atoms with Gasteiger partial charge in [-0.15, -0.1) is 0 Å². The van der Waals surface area contributed by atoms with Gasteiger partial charge in [-0.25, -0.2) is 9.78 Å². The van der Waals surface area contributed by atoms with Crippen LogP contribution in [-0.4, -0.2) is 36.4 Å². The van der Waals surface area contributed by atoms with E-state index in [1.54, 1.807) is 6.07 Å². The van der Waals surface area contributed by atoms with Crippen molar-refractivity contribution in [2.45, 2.75) is 57.9 Å². The second-order valence-electron chi connectivity index (χ2n) is 5.67. The maximum atomic E-state index is 12.2. The molecular weight excluding hydrogens is 320 g/mol. The fourth-order valence-electron chi connectivity index (χ4n) is 2.12. The molecule has 1 aromatic heterocycles. The standard InChI is InChI=1S/C16H23F2N3O3/c1-2-12(6-8-23-13-3-4-13)21-16(22)20-10-11-5-7-19-14(9-11)24-15(17)18/h5,7,9,12-13,15H,2-4,6,8,10H2,1H3,(H2,20,21,22). The number of hydrogen-bond donors (Lipinski definition) is 2. The van der Waals surface area contributed by atoms with Crippen LogP contribution in [0.15, 0.2) is 18.3 Å². The van der Waals surface area contributed by atoms with Crippen molar-refractivity contribution in [1.29, 1.82) is 0 Å². The summed E-state index contributed by atoms with van der Waals surface area (Å²) in [6, 6.07) is 2.73. The van der Waals surface area contributed by atoms with Crippen LogP contribution in [0.5, 0.6) is 5.88 Å². The molecule has 0 aromatic carbocycles. The second-order valence-corrected chi connectivity index (χ2v) is 5.67. The van der Waals surface area contributed by atoms with Gasteiger partial charge in [0.2, 0.25) is 5.88 Å². The van der Waals surface area contributed by atoms with Gasteiger partial charge in [-0.2, -0.15) is 8.78 Å². The van der Waals surface area contributed by atoms with Crippen LogP contribution in [0.2, 0.25) is 0 Å². The number of ether oxygens (including phenoxy) is 2. The van der Waals surface area contributed by atoms with E-state index in [-0.39, 0.29) is 24.5 Å². The Morgan fingerprint density at radius 3 is 2.92 bits per heavy atom. The van der Waals surface area contributed by atoms with E-state index in [1.165, 1.54) is 12.3 Å². The van der Waals surface area contributed by atoms with Gasteiger partial charge in [0.15, 0.2) is 0 Å². The normalized spacial score (nSPS) is 15.2. The highest BCUT2D eigenvalue weighted by Gasteiger charge is 2.22. The molecule has 1 aliphatic rings. The van der Waals surface area contributed by atoms with E-state index in [0.29, 0.717) is 18.3 Å². The van der Waals surface area contributed by atoms with Gasteiger partial charge >= 0.3 is 12.6 Å². The minimum atomic E-state index is -2.92. The fraction of sp³-hybridized carbons (Fsp3) is 0.625. The van der Waals surface area contributed by atoms with Gasteiger partial charge < -0.3 is 20.1 Å². The first-order valence-corrected chi connectivity index (χ1v) is 8.12. The zero-order chi connectivity index (χ0) is 17.4. The highest BCUT2D eigenvalue weighted by atomic mass is 19.3. The first-order chi connectivity index (χ1) is 11.6. The summed E-state index contributed by atoms with van der Waals surface area (Å²) in [7, 11) is 0. The van der Waals surface area contributed by atoms with Gasteiger partial charge in [0, 0.05) is 31.5 Å². The van der Waals surface area contributed by atoms with E-state index in [2.05, 4.69) is 20.4 Å². The van der Waals surface area contributed by atoms with Crippen LogP contribution >= 0.6 is 0 Å². The number of nitrogens with one attached hydrogen (secondary N) is 2. The molecule has 2 rings (SSSR count). The van der Waals surface area contributed by atoms with Crippen LogP contribution in [0.1, 0.15) is 38.2 Å². The first kappa shape index (κ1) is 18.4. The summed E-state index contributed by atoms with van der Waals surface area (Å²) in [6.07, 6.45) is 5.61. The SMILES string of the molecule is CCC(CCOC1CC1)NC(=O)NCc1ccnc(OC(F)F)c1. The maximum Gasteiger partial charge on any atom is 0.388 e. The van der Waals surface area contributed by atoms with Gasteiger partial charge in [0.25, 0.3) is 0 Å². The highest BCUT2D eigenvalue weighted by Crippen LogP contribution is 2.23. The Kier molecular flexibility index (Phi) is 7.17. The number of carbonyl (C=O) groups is 1. The Labute approximate surface area is 139 Å². The van der Waals surface area contributed by atoms with Gasteiger partial charge in [0.05, 0.1) is 6.10 Å². The summed E-state index contributed by atoms with van der Waals surface area (Å²) >= 11 is 0. The molecule has 8 heteroatoms. The van der Waals surface area contributed by atoms with Crippen molar-refractivity contribution in [3.05, 3.63) is 23.9 Å². The van der Waals surface area contributed by atoms with Crippen LogP contribution in [0.25, 0.3) is 0 Å². The van der Waals surface area contributed by atoms with Gasteiger partial charge in [-0.3, -0.25) is 0 Å². The third-order valence-electron chi connectivity index (χ3n) is 3.63. The number of amides is 2. The number of alkyl halides is 2. The van der Waals surface area contributed by atoms with Gasteiger partial charge in [-0.05, 0) is 37.3 Å². The van der Waals surface area contributed by atoms with E-state index < -0.39 is 6.61 Å². The molecule has 0 saturated heterocycles. The molecule has 0 bridgehead atoms. The van der Waals surface area contributed by atoms with Crippen LogP contribution in [0, 0.1) is 0 Å². The molecule has 1 atom stereocenters. The van der Waals surface area contributed by atoms with Crippen molar-refractivity contribution in [2.75, 3.05) is 6.61 Å². The number of hydrogen-bond acceptors (Lipinski definition) is 4. The minimum absolute atomic E-state index is 0.0407. The molecule has 24 heavy (non-hydrogen) atoms. The number of nitrogens with zero attached hydrogens (tertiary/aromatic N) is 1. The zero-order valence-electron chi connectivity index (χ0n) is 13.6. The minimum Gasteiger partial charge on any atom is -0.417 e. The molecule has 0 aliphatic heterocycles. The number of urea groups is 1. The van der Waals surface area contributed by atoms with Gasteiger partial charge in [-0.1, -0.05) is 6.92 Å². The quantitative estimate of drug-likeness (QED) is 0.685.